The van der Waals surface area contributed by atoms with Crippen molar-refractivity contribution < 1.29 is 9.53 Å². The van der Waals surface area contributed by atoms with Crippen LogP contribution in [0.4, 0.5) is 0 Å². The molecule has 0 unspecified atom stereocenters. The molecule has 0 N–H and O–H groups in total. The number of aromatic nitrogens is 2. The van der Waals surface area contributed by atoms with Crippen LogP contribution in [0.2, 0.25) is 0 Å². The minimum Gasteiger partial charge on any atom is -0.378 e. The van der Waals surface area contributed by atoms with Crippen LogP contribution in [0.15, 0.2) is 42.7 Å². The summed E-state index contributed by atoms with van der Waals surface area (Å²) in [7, 11) is 0. The van der Waals surface area contributed by atoms with Gasteiger partial charge in [0.2, 0.25) is 0 Å². The summed E-state index contributed by atoms with van der Waals surface area (Å²) in [5.41, 5.74) is 1.59. The van der Waals surface area contributed by atoms with E-state index in [-0.39, 0.29) is 5.91 Å². The number of carbonyl (C=O) groups excluding carboxylic acids is 1. The van der Waals surface area contributed by atoms with Gasteiger partial charge in [-0.15, -0.1) is 0 Å². The average Bonchev–Trinajstić information content (AvgIpc) is 2.56. The van der Waals surface area contributed by atoms with E-state index in [0.717, 1.165) is 5.56 Å². The minimum atomic E-state index is 0.0498. The zero-order valence-corrected chi connectivity index (χ0v) is 11.0. The summed E-state index contributed by atoms with van der Waals surface area (Å²) >= 11 is 0. The van der Waals surface area contributed by atoms with E-state index >= 15 is 0 Å². The molecule has 102 valence electrons. The quantitative estimate of drug-likeness (QED) is 0.831. The summed E-state index contributed by atoms with van der Waals surface area (Å²) < 4.78 is 5.25. The molecule has 1 fully saturated rings. The number of morpholine rings is 1. The summed E-state index contributed by atoms with van der Waals surface area (Å²) in [6.45, 7) is 2.54. The van der Waals surface area contributed by atoms with Crippen molar-refractivity contribution in [3.8, 4) is 11.4 Å². The summed E-state index contributed by atoms with van der Waals surface area (Å²) in [5.74, 6) is 0.715. The van der Waals surface area contributed by atoms with Crippen LogP contribution in [0.1, 0.15) is 10.4 Å². The smallest absolute Gasteiger partial charge is 0.254 e. The molecule has 1 amide bonds. The molecule has 0 saturated carbocycles. The van der Waals surface area contributed by atoms with Gasteiger partial charge >= 0.3 is 0 Å². The highest BCUT2D eigenvalue weighted by molar-refractivity contribution is 5.94. The van der Waals surface area contributed by atoms with Gasteiger partial charge in [0.1, 0.15) is 0 Å². The Balaban J connectivity index is 1.77. The van der Waals surface area contributed by atoms with Gasteiger partial charge in [-0.2, -0.15) is 0 Å². The Hall–Kier alpha value is -2.27. The third-order valence-corrected chi connectivity index (χ3v) is 3.25. The predicted molar refractivity (Wildman–Crippen MR) is 74.2 cm³/mol. The Labute approximate surface area is 117 Å². The Morgan fingerprint density at radius 2 is 1.70 bits per heavy atom. The van der Waals surface area contributed by atoms with E-state index in [1.54, 1.807) is 18.5 Å². The van der Waals surface area contributed by atoms with Crippen molar-refractivity contribution in [2.45, 2.75) is 0 Å². The van der Waals surface area contributed by atoms with Crippen molar-refractivity contribution in [1.29, 1.82) is 0 Å². The topological polar surface area (TPSA) is 55.3 Å². The zero-order valence-electron chi connectivity index (χ0n) is 11.0. The fraction of sp³-hybridized carbons (Fsp3) is 0.267. The van der Waals surface area contributed by atoms with Gasteiger partial charge < -0.3 is 9.64 Å². The zero-order chi connectivity index (χ0) is 13.8. The molecule has 0 atom stereocenters. The molecule has 1 aromatic carbocycles. The molecule has 1 aliphatic rings. The highest BCUT2D eigenvalue weighted by Crippen LogP contribution is 2.16. The van der Waals surface area contributed by atoms with E-state index in [2.05, 4.69) is 9.97 Å². The number of nitrogens with zero attached hydrogens (tertiary/aromatic N) is 3. The second-order valence-electron chi connectivity index (χ2n) is 4.55. The molecule has 1 saturated heterocycles. The molecule has 0 radical (unpaired) electrons. The molecule has 0 aliphatic carbocycles. The van der Waals surface area contributed by atoms with Gasteiger partial charge in [-0.05, 0) is 18.2 Å². The summed E-state index contributed by atoms with van der Waals surface area (Å²) in [6, 6.07) is 9.18. The highest BCUT2D eigenvalue weighted by Gasteiger charge is 2.18. The monoisotopic (exact) mass is 269 g/mol. The maximum absolute atomic E-state index is 12.3. The van der Waals surface area contributed by atoms with Gasteiger partial charge in [0, 0.05) is 36.6 Å². The largest absolute Gasteiger partial charge is 0.378 e. The molecule has 1 aromatic heterocycles. The third kappa shape index (κ3) is 2.67. The first kappa shape index (κ1) is 12.7. The predicted octanol–water partition coefficient (Wildman–Crippen LogP) is 1.62. The molecule has 5 nitrogen and oxygen atoms in total. The van der Waals surface area contributed by atoms with E-state index in [1.807, 2.05) is 29.2 Å². The lowest BCUT2D eigenvalue weighted by atomic mass is 10.1. The number of amides is 1. The molecule has 2 heterocycles. The lowest BCUT2D eigenvalue weighted by Gasteiger charge is -2.26. The van der Waals surface area contributed by atoms with Crippen molar-refractivity contribution >= 4 is 5.91 Å². The van der Waals surface area contributed by atoms with Crippen LogP contribution in [-0.2, 0) is 4.74 Å². The van der Waals surface area contributed by atoms with Crippen molar-refractivity contribution in [2.24, 2.45) is 0 Å². The second kappa shape index (κ2) is 5.79. The van der Waals surface area contributed by atoms with Crippen molar-refractivity contribution in [3.05, 3.63) is 48.3 Å². The van der Waals surface area contributed by atoms with Crippen LogP contribution in [0, 0.1) is 0 Å². The van der Waals surface area contributed by atoms with E-state index in [4.69, 9.17) is 4.74 Å². The molecule has 2 aromatic rings. The first-order valence-corrected chi connectivity index (χ1v) is 6.59. The number of benzene rings is 1. The van der Waals surface area contributed by atoms with Crippen LogP contribution < -0.4 is 0 Å². The minimum absolute atomic E-state index is 0.0498. The van der Waals surface area contributed by atoms with Gasteiger partial charge in [-0.1, -0.05) is 12.1 Å². The molecule has 20 heavy (non-hydrogen) atoms. The third-order valence-electron chi connectivity index (χ3n) is 3.25. The number of hydrogen-bond donors (Lipinski definition) is 0. The van der Waals surface area contributed by atoms with E-state index in [1.165, 1.54) is 0 Å². The van der Waals surface area contributed by atoms with Gasteiger partial charge in [0.15, 0.2) is 5.82 Å². The fourth-order valence-electron chi connectivity index (χ4n) is 2.16. The Bertz CT molecular complexity index is 578. The lowest BCUT2D eigenvalue weighted by molar-refractivity contribution is 0.0303. The first-order valence-electron chi connectivity index (χ1n) is 6.59. The summed E-state index contributed by atoms with van der Waals surface area (Å²) in [5, 5.41) is 0. The fourth-order valence-corrected chi connectivity index (χ4v) is 2.16. The SMILES string of the molecule is O=C(c1ccc(-c2ncccn2)cc1)N1CCOCC1. The van der Waals surface area contributed by atoms with Gasteiger partial charge in [-0.25, -0.2) is 9.97 Å². The Kier molecular flexibility index (Phi) is 3.69. The number of hydrogen-bond acceptors (Lipinski definition) is 4. The van der Waals surface area contributed by atoms with Gasteiger partial charge in [0.25, 0.3) is 5.91 Å². The van der Waals surface area contributed by atoms with Crippen LogP contribution in [0.25, 0.3) is 11.4 Å². The normalized spacial score (nSPS) is 15.1. The van der Waals surface area contributed by atoms with Crippen LogP contribution >= 0.6 is 0 Å². The van der Waals surface area contributed by atoms with E-state index in [9.17, 15) is 4.79 Å². The number of rotatable bonds is 2. The van der Waals surface area contributed by atoms with Crippen molar-refractivity contribution in [1.82, 2.24) is 14.9 Å². The Morgan fingerprint density at radius 1 is 1.05 bits per heavy atom. The molecule has 3 rings (SSSR count). The van der Waals surface area contributed by atoms with Crippen molar-refractivity contribution in [2.75, 3.05) is 26.3 Å². The summed E-state index contributed by atoms with van der Waals surface area (Å²) in [6.07, 6.45) is 3.41. The Morgan fingerprint density at radius 3 is 2.35 bits per heavy atom. The molecular weight excluding hydrogens is 254 g/mol. The molecule has 0 bridgehead atoms. The molecule has 1 aliphatic heterocycles. The number of ether oxygens (including phenoxy) is 1. The van der Waals surface area contributed by atoms with E-state index in [0.29, 0.717) is 37.7 Å². The van der Waals surface area contributed by atoms with E-state index < -0.39 is 0 Å². The maximum atomic E-state index is 12.3. The molecule has 0 spiro atoms. The first-order chi connectivity index (χ1) is 9.84. The molecular formula is C15H15N3O2. The molecule has 5 heteroatoms. The van der Waals surface area contributed by atoms with Crippen LogP contribution in [0.3, 0.4) is 0 Å². The van der Waals surface area contributed by atoms with Crippen LogP contribution in [-0.4, -0.2) is 47.1 Å². The van der Waals surface area contributed by atoms with Gasteiger partial charge in [0.05, 0.1) is 13.2 Å². The number of carbonyl (C=O) groups is 1. The second-order valence-corrected chi connectivity index (χ2v) is 4.55. The van der Waals surface area contributed by atoms with Gasteiger partial charge in [-0.3, -0.25) is 4.79 Å². The van der Waals surface area contributed by atoms with Crippen LogP contribution in [0.5, 0.6) is 0 Å². The standard InChI is InChI=1S/C15H15N3O2/c19-15(18-8-10-20-11-9-18)13-4-2-12(3-5-13)14-16-6-1-7-17-14/h1-7H,8-11H2. The van der Waals surface area contributed by atoms with Crippen molar-refractivity contribution in [3.63, 3.8) is 0 Å². The maximum Gasteiger partial charge on any atom is 0.254 e. The highest BCUT2D eigenvalue weighted by atomic mass is 16.5. The average molecular weight is 269 g/mol. The summed E-state index contributed by atoms with van der Waals surface area (Å²) in [4.78, 5) is 22.5. The lowest BCUT2D eigenvalue weighted by Crippen LogP contribution is -2.40.